The first-order valence-corrected chi connectivity index (χ1v) is 22.6. The fourth-order valence-corrected chi connectivity index (χ4v) is 7.53. The molecule has 1 heterocycles. The number of nitrogens with one attached hydrogen (secondary N) is 3. The van der Waals surface area contributed by atoms with Crippen LogP contribution in [0.2, 0.25) is 18.1 Å². The lowest BCUT2D eigenvalue weighted by Crippen LogP contribution is -2.47. The van der Waals surface area contributed by atoms with Crippen LogP contribution in [0.1, 0.15) is 109 Å². The van der Waals surface area contributed by atoms with E-state index in [0.717, 1.165) is 93.8 Å². The number of likely N-dealkylation sites (tertiary alicyclic amines) is 1. The molecule has 4 N–H and O–H groups in total. The van der Waals surface area contributed by atoms with Crippen LogP contribution in [0.25, 0.3) is 0 Å². The number of hydrogen-bond acceptors (Lipinski definition) is 7. The molecule has 0 unspecified atom stereocenters. The Kier molecular flexibility index (Phi) is 16.1. The number of urea groups is 1. The van der Waals surface area contributed by atoms with Crippen molar-refractivity contribution in [2.45, 2.75) is 135 Å². The molecule has 0 radical (unpaired) electrons. The summed E-state index contributed by atoms with van der Waals surface area (Å²) in [7, 11) is -1.95. The summed E-state index contributed by atoms with van der Waals surface area (Å²) in [6.45, 7) is 17.3. The van der Waals surface area contributed by atoms with E-state index in [0.29, 0.717) is 12.6 Å². The van der Waals surface area contributed by atoms with Gasteiger partial charge in [0.15, 0.2) is 0 Å². The quantitative estimate of drug-likeness (QED) is 0.0661. The highest BCUT2D eigenvalue weighted by Gasteiger charge is 2.39. The highest BCUT2D eigenvalue weighted by molar-refractivity contribution is 6.74. The lowest BCUT2D eigenvalue weighted by atomic mass is 9.89. The van der Waals surface area contributed by atoms with Crippen molar-refractivity contribution in [2.75, 3.05) is 44.6 Å². The van der Waals surface area contributed by atoms with Gasteiger partial charge in [0.05, 0.1) is 5.71 Å². The smallest absolute Gasteiger partial charge is 0.317 e. The van der Waals surface area contributed by atoms with Crippen LogP contribution < -0.4 is 20.4 Å². The molecule has 1 aliphatic heterocycles. The summed E-state index contributed by atoms with van der Waals surface area (Å²) in [4.78, 5) is 20.2. The first-order valence-electron chi connectivity index (χ1n) is 19.7. The normalized spacial score (nSPS) is 16.8. The standard InChI is InChI=1S/C41H67N5O4Si/c1-7-8-9-10-11-12-26-43-40(48)46-28-24-34(25-29-46)44-33-21-19-32(20-22-33)23-27-42-30-35(47)31-49-45-38-17-13-16-37-36(38)15-14-18-39(37)50-51(5,6)41(2,3)4/h14-15,18-22,34-35,42,44,47H,7-13,16-17,23-31H2,1-6H3,(H,43,48)/t35-/m0/s1. The molecule has 4 rings (SSSR count). The maximum absolute atomic E-state index is 12.5. The average Bonchev–Trinajstić information content (AvgIpc) is 3.10. The summed E-state index contributed by atoms with van der Waals surface area (Å²) in [5.41, 5.74) is 5.63. The zero-order valence-corrected chi connectivity index (χ0v) is 33.5. The number of fused-ring (bicyclic) bond motifs is 1. The lowest BCUT2D eigenvalue weighted by molar-refractivity contribution is 0.0402. The van der Waals surface area contributed by atoms with Gasteiger partial charge in [-0.1, -0.05) is 89.2 Å². The highest BCUT2D eigenvalue weighted by Crippen LogP contribution is 2.40. The van der Waals surface area contributed by atoms with E-state index < -0.39 is 14.4 Å². The molecule has 0 bridgehead atoms. The Morgan fingerprint density at radius 1 is 1.00 bits per heavy atom. The molecule has 1 fully saturated rings. The van der Waals surface area contributed by atoms with Crippen LogP contribution in [0, 0.1) is 0 Å². The molecule has 2 aromatic carbocycles. The van der Waals surface area contributed by atoms with Crippen molar-refractivity contribution in [1.29, 1.82) is 0 Å². The molecule has 51 heavy (non-hydrogen) atoms. The van der Waals surface area contributed by atoms with E-state index in [9.17, 15) is 9.90 Å². The van der Waals surface area contributed by atoms with Gasteiger partial charge in [0, 0.05) is 49.0 Å². The summed E-state index contributed by atoms with van der Waals surface area (Å²) in [6, 6.07) is 15.3. The van der Waals surface area contributed by atoms with Crippen LogP contribution in [-0.2, 0) is 17.7 Å². The molecule has 284 valence electrons. The second-order valence-electron chi connectivity index (χ2n) is 16.0. The molecule has 10 heteroatoms. The van der Waals surface area contributed by atoms with Crippen LogP contribution in [0.15, 0.2) is 47.6 Å². The fraction of sp³-hybridized carbons (Fsp3) is 0.659. The number of aliphatic hydroxyl groups excluding tert-OH is 1. The molecule has 0 aromatic heterocycles. The summed E-state index contributed by atoms with van der Waals surface area (Å²) < 4.78 is 6.69. The molecule has 2 aliphatic rings. The number of piperidine rings is 1. The van der Waals surface area contributed by atoms with Crippen LogP contribution >= 0.6 is 0 Å². The third kappa shape index (κ3) is 13.1. The molecule has 1 atom stereocenters. The molecule has 0 saturated carbocycles. The monoisotopic (exact) mass is 721 g/mol. The Morgan fingerprint density at radius 3 is 2.45 bits per heavy atom. The number of unbranched alkanes of at least 4 members (excludes halogenated alkanes) is 5. The minimum Gasteiger partial charge on any atom is -0.543 e. The number of oxime groups is 1. The minimum absolute atomic E-state index is 0.0846. The maximum atomic E-state index is 12.5. The van der Waals surface area contributed by atoms with E-state index in [-0.39, 0.29) is 17.7 Å². The summed E-state index contributed by atoms with van der Waals surface area (Å²) in [5, 5.41) is 25.3. The van der Waals surface area contributed by atoms with Crippen molar-refractivity contribution in [1.82, 2.24) is 15.5 Å². The highest BCUT2D eigenvalue weighted by atomic mass is 28.4. The second-order valence-corrected chi connectivity index (χ2v) is 20.8. The van der Waals surface area contributed by atoms with Gasteiger partial charge in [0.2, 0.25) is 8.32 Å². The maximum Gasteiger partial charge on any atom is 0.317 e. The second kappa shape index (κ2) is 20.2. The van der Waals surface area contributed by atoms with Crippen LogP contribution in [-0.4, -0.2) is 81.5 Å². The van der Waals surface area contributed by atoms with Gasteiger partial charge < -0.3 is 35.2 Å². The zero-order valence-electron chi connectivity index (χ0n) is 32.5. The summed E-state index contributed by atoms with van der Waals surface area (Å²) >= 11 is 0. The SMILES string of the molecule is CCCCCCCCNC(=O)N1CCC(Nc2ccc(CCNC[C@H](O)CON=C3CCCc4c(O[Si](C)(C)C(C)(C)C)cccc43)cc2)CC1. The molecule has 9 nitrogen and oxygen atoms in total. The van der Waals surface area contributed by atoms with Crippen LogP contribution in [0.5, 0.6) is 5.75 Å². The van der Waals surface area contributed by atoms with E-state index in [4.69, 9.17) is 9.26 Å². The number of rotatable bonds is 19. The van der Waals surface area contributed by atoms with Crippen molar-refractivity contribution < 1.29 is 19.2 Å². The van der Waals surface area contributed by atoms with Crippen molar-refractivity contribution in [3.63, 3.8) is 0 Å². The number of carbonyl (C=O) groups excluding carboxylic acids is 1. The predicted octanol–water partition coefficient (Wildman–Crippen LogP) is 8.27. The van der Waals surface area contributed by atoms with Gasteiger partial charge in [-0.15, -0.1) is 0 Å². The summed E-state index contributed by atoms with van der Waals surface area (Å²) in [6.07, 6.45) is 12.4. The van der Waals surface area contributed by atoms with Gasteiger partial charge >= 0.3 is 6.03 Å². The van der Waals surface area contributed by atoms with Gasteiger partial charge in [0.1, 0.15) is 18.5 Å². The topological polar surface area (TPSA) is 107 Å². The van der Waals surface area contributed by atoms with E-state index in [1.165, 1.54) is 43.2 Å². The van der Waals surface area contributed by atoms with E-state index in [2.05, 4.69) is 104 Å². The fourth-order valence-electron chi connectivity index (χ4n) is 6.48. The third-order valence-electron chi connectivity index (χ3n) is 10.8. The summed E-state index contributed by atoms with van der Waals surface area (Å²) in [5.74, 6) is 0.985. The van der Waals surface area contributed by atoms with Crippen molar-refractivity contribution in [3.8, 4) is 5.75 Å². The molecule has 1 saturated heterocycles. The predicted molar refractivity (Wildman–Crippen MR) is 214 cm³/mol. The number of aliphatic hydroxyl groups is 1. The number of hydrogen-bond donors (Lipinski definition) is 4. The minimum atomic E-state index is -1.95. The van der Waals surface area contributed by atoms with E-state index >= 15 is 0 Å². The Balaban J connectivity index is 1.10. The van der Waals surface area contributed by atoms with Crippen molar-refractivity contribution >= 4 is 25.7 Å². The van der Waals surface area contributed by atoms with Gasteiger partial charge in [-0.2, -0.15) is 0 Å². The Bertz CT molecular complexity index is 1370. The average molecular weight is 722 g/mol. The van der Waals surface area contributed by atoms with E-state index in [1.807, 2.05) is 4.90 Å². The Morgan fingerprint density at radius 2 is 1.73 bits per heavy atom. The molecular formula is C41H67N5O4Si. The van der Waals surface area contributed by atoms with Gasteiger partial charge in [-0.05, 0) is 93.4 Å². The number of amides is 2. The van der Waals surface area contributed by atoms with Crippen LogP contribution in [0.4, 0.5) is 10.5 Å². The Hall–Kier alpha value is -3.08. The van der Waals surface area contributed by atoms with Crippen molar-refractivity contribution in [2.24, 2.45) is 5.16 Å². The molecule has 0 spiro atoms. The first-order chi connectivity index (χ1) is 24.5. The Labute approximate surface area is 309 Å². The molecule has 2 amide bonds. The van der Waals surface area contributed by atoms with Crippen molar-refractivity contribution in [3.05, 3.63) is 59.2 Å². The first kappa shape index (κ1) is 40.7. The number of benzene rings is 2. The third-order valence-corrected chi connectivity index (χ3v) is 15.1. The number of carbonyl (C=O) groups is 1. The molecule has 2 aromatic rings. The zero-order chi connectivity index (χ0) is 36.7. The molecular weight excluding hydrogens is 655 g/mol. The van der Waals surface area contributed by atoms with Gasteiger partial charge in [-0.25, -0.2) is 4.79 Å². The largest absolute Gasteiger partial charge is 0.543 e. The van der Waals surface area contributed by atoms with Gasteiger partial charge in [0.25, 0.3) is 0 Å². The van der Waals surface area contributed by atoms with E-state index in [1.54, 1.807) is 0 Å². The molecule has 1 aliphatic carbocycles. The lowest BCUT2D eigenvalue weighted by Gasteiger charge is -2.37. The number of anilines is 1. The number of nitrogens with zero attached hydrogens (tertiary/aromatic N) is 2. The van der Waals surface area contributed by atoms with Crippen LogP contribution in [0.3, 0.4) is 0 Å². The van der Waals surface area contributed by atoms with Gasteiger partial charge in [-0.3, -0.25) is 0 Å².